The summed E-state index contributed by atoms with van der Waals surface area (Å²) in [6.45, 7) is 8.04. The van der Waals surface area contributed by atoms with Crippen LogP contribution in [0.5, 0.6) is 0 Å². The molecule has 1 N–H and O–H groups in total. The smallest absolute Gasteiger partial charge is 0.230 e. The Kier molecular flexibility index (Phi) is 6.28. The summed E-state index contributed by atoms with van der Waals surface area (Å²) in [5.74, 6) is 2.65. The van der Waals surface area contributed by atoms with Gasteiger partial charge >= 0.3 is 0 Å². The molecule has 0 saturated carbocycles. The largest absolute Gasteiger partial charge is 0.441 e. The zero-order chi connectivity index (χ0) is 16.8. The van der Waals surface area contributed by atoms with Gasteiger partial charge in [0.05, 0.1) is 11.4 Å². The van der Waals surface area contributed by atoms with E-state index in [0.717, 1.165) is 23.4 Å². The van der Waals surface area contributed by atoms with Crippen LogP contribution in [0.4, 0.5) is 0 Å². The summed E-state index contributed by atoms with van der Waals surface area (Å²) in [4.78, 5) is 16.4. The third-order valence-corrected chi connectivity index (χ3v) is 4.59. The SMILES string of the molecule is CCC(C)NC(=O)CSCc1nc(-c2cccc(C)c2)oc1C. The average molecular weight is 332 g/mol. The molecule has 23 heavy (non-hydrogen) atoms. The molecular weight excluding hydrogens is 308 g/mol. The molecule has 0 bridgehead atoms. The normalized spacial score (nSPS) is 12.2. The molecule has 2 aromatic rings. The molecule has 1 unspecified atom stereocenters. The number of nitrogens with one attached hydrogen (secondary N) is 1. The second kappa shape index (κ2) is 8.20. The van der Waals surface area contributed by atoms with Crippen LogP contribution in [0.25, 0.3) is 11.5 Å². The van der Waals surface area contributed by atoms with Crippen molar-refractivity contribution < 1.29 is 9.21 Å². The van der Waals surface area contributed by atoms with E-state index < -0.39 is 0 Å². The van der Waals surface area contributed by atoms with Crippen LogP contribution in [0.1, 0.15) is 37.3 Å². The molecule has 4 nitrogen and oxygen atoms in total. The van der Waals surface area contributed by atoms with Crippen molar-refractivity contribution in [2.24, 2.45) is 0 Å². The van der Waals surface area contributed by atoms with E-state index in [1.165, 1.54) is 5.56 Å². The maximum atomic E-state index is 11.8. The highest BCUT2D eigenvalue weighted by molar-refractivity contribution is 7.99. The molecule has 0 spiro atoms. The maximum Gasteiger partial charge on any atom is 0.230 e. The number of amides is 1. The lowest BCUT2D eigenvalue weighted by Gasteiger charge is -2.10. The van der Waals surface area contributed by atoms with Gasteiger partial charge in [-0.2, -0.15) is 0 Å². The molecule has 0 radical (unpaired) electrons. The summed E-state index contributed by atoms with van der Waals surface area (Å²) in [7, 11) is 0. The third kappa shape index (κ3) is 5.13. The van der Waals surface area contributed by atoms with Gasteiger partial charge in [0, 0.05) is 17.4 Å². The molecule has 0 aliphatic carbocycles. The summed E-state index contributed by atoms with van der Waals surface area (Å²) in [5.41, 5.74) is 3.07. The summed E-state index contributed by atoms with van der Waals surface area (Å²) >= 11 is 1.56. The van der Waals surface area contributed by atoms with Crippen LogP contribution in [0, 0.1) is 13.8 Å². The number of hydrogen-bond donors (Lipinski definition) is 1. The fraction of sp³-hybridized carbons (Fsp3) is 0.444. The second-order valence-electron chi connectivity index (χ2n) is 5.76. The van der Waals surface area contributed by atoms with Gasteiger partial charge in [-0.3, -0.25) is 4.79 Å². The molecular formula is C18H24N2O2S. The number of oxazole rings is 1. The lowest BCUT2D eigenvalue weighted by atomic mass is 10.1. The molecule has 5 heteroatoms. The van der Waals surface area contributed by atoms with E-state index in [-0.39, 0.29) is 11.9 Å². The Labute approximate surface area is 142 Å². The third-order valence-electron chi connectivity index (χ3n) is 3.65. The van der Waals surface area contributed by atoms with Gasteiger partial charge in [-0.15, -0.1) is 11.8 Å². The zero-order valence-corrected chi connectivity index (χ0v) is 15.0. The number of hydrogen-bond acceptors (Lipinski definition) is 4. The van der Waals surface area contributed by atoms with Crippen LogP contribution in [0.3, 0.4) is 0 Å². The van der Waals surface area contributed by atoms with E-state index in [4.69, 9.17) is 4.42 Å². The van der Waals surface area contributed by atoms with Gasteiger partial charge in [0.15, 0.2) is 0 Å². The Morgan fingerprint density at radius 1 is 1.39 bits per heavy atom. The van der Waals surface area contributed by atoms with Crippen molar-refractivity contribution in [3.8, 4) is 11.5 Å². The number of aromatic nitrogens is 1. The Hall–Kier alpha value is -1.75. The molecule has 0 aliphatic rings. The van der Waals surface area contributed by atoms with Crippen LogP contribution in [0.2, 0.25) is 0 Å². The Bertz CT molecular complexity index is 667. The summed E-state index contributed by atoms with van der Waals surface area (Å²) in [6.07, 6.45) is 0.943. The fourth-order valence-electron chi connectivity index (χ4n) is 2.12. The van der Waals surface area contributed by atoms with Crippen LogP contribution in [-0.4, -0.2) is 22.7 Å². The Morgan fingerprint density at radius 2 is 2.17 bits per heavy atom. The van der Waals surface area contributed by atoms with Crippen molar-refractivity contribution in [1.82, 2.24) is 10.3 Å². The average Bonchev–Trinajstić information content (AvgIpc) is 2.88. The first-order valence-electron chi connectivity index (χ1n) is 7.90. The van der Waals surface area contributed by atoms with Gasteiger partial charge in [0.25, 0.3) is 0 Å². The van der Waals surface area contributed by atoms with Gasteiger partial charge in [-0.05, 0) is 39.3 Å². The first kappa shape index (κ1) is 17.6. The number of carbonyl (C=O) groups is 1. The predicted octanol–water partition coefficient (Wildman–Crippen LogP) is 4.11. The predicted molar refractivity (Wildman–Crippen MR) is 95.5 cm³/mol. The number of rotatable bonds is 7. The van der Waals surface area contributed by atoms with Crippen LogP contribution < -0.4 is 5.32 Å². The second-order valence-corrected chi connectivity index (χ2v) is 6.75. The molecule has 1 heterocycles. The van der Waals surface area contributed by atoms with Gasteiger partial charge in [0.2, 0.25) is 11.8 Å². The van der Waals surface area contributed by atoms with E-state index in [1.54, 1.807) is 11.8 Å². The molecule has 1 aromatic carbocycles. The fourth-order valence-corrected chi connectivity index (χ4v) is 2.95. The van der Waals surface area contributed by atoms with Crippen molar-refractivity contribution in [3.05, 3.63) is 41.3 Å². The van der Waals surface area contributed by atoms with E-state index in [2.05, 4.69) is 23.3 Å². The number of carbonyl (C=O) groups excluding carboxylic acids is 1. The van der Waals surface area contributed by atoms with Crippen LogP contribution >= 0.6 is 11.8 Å². The number of thioether (sulfide) groups is 1. The quantitative estimate of drug-likeness (QED) is 0.829. The highest BCUT2D eigenvalue weighted by Gasteiger charge is 2.12. The minimum Gasteiger partial charge on any atom is -0.441 e. The monoisotopic (exact) mass is 332 g/mol. The van der Waals surface area contributed by atoms with Crippen molar-refractivity contribution in [2.75, 3.05) is 5.75 Å². The highest BCUT2D eigenvalue weighted by atomic mass is 32.2. The Morgan fingerprint density at radius 3 is 2.87 bits per heavy atom. The van der Waals surface area contributed by atoms with Crippen molar-refractivity contribution >= 4 is 17.7 Å². The van der Waals surface area contributed by atoms with Crippen molar-refractivity contribution in [3.63, 3.8) is 0 Å². The van der Waals surface area contributed by atoms with Crippen molar-refractivity contribution in [1.29, 1.82) is 0 Å². The van der Waals surface area contributed by atoms with E-state index in [9.17, 15) is 4.79 Å². The number of nitrogens with zero attached hydrogens (tertiary/aromatic N) is 1. The molecule has 124 valence electrons. The number of benzene rings is 1. The standard InChI is InChI=1S/C18H24N2O2S/c1-5-13(3)19-17(21)11-23-10-16-14(4)22-18(20-16)15-8-6-7-12(2)9-15/h6-9,13H,5,10-11H2,1-4H3,(H,19,21). The molecule has 1 aromatic heterocycles. The maximum absolute atomic E-state index is 11.8. The lowest BCUT2D eigenvalue weighted by molar-refractivity contribution is -0.119. The summed E-state index contributed by atoms with van der Waals surface area (Å²) in [5, 5.41) is 2.96. The highest BCUT2D eigenvalue weighted by Crippen LogP contribution is 2.24. The first-order valence-corrected chi connectivity index (χ1v) is 9.05. The molecule has 1 atom stereocenters. The van der Waals surface area contributed by atoms with Crippen LogP contribution in [0.15, 0.2) is 28.7 Å². The van der Waals surface area contributed by atoms with Crippen molar-refractivity contribution in [2.45, 2.75) is 45.9 Å². The molecule has 1 amide bonds. The summed E-state index contributed by atoms with van der Waals surface area (Å²) in [6, 6.07) is 8.32. The van der Waals surface area contributed by atoms with Gasteiger partial charge in [-0.25, -0.2) is 4.98 Å². The van der Waals surface area contributed by atoms with E-state index in [1.807, 2.05) is 39.0 Å². The van der Waals surface area contributed by atoms with E-state index in [0.29, 0.717) is 17.4 Å². The Balaban J connectivity index is 1.93. The van der Waals surface area contributed by atoms with Gasteiger partial charge in [0.1, 0.15) is 5.76 Å². The van der Waals surface area contributed by atoms with Gasteiger partial charge < -0.3 is 9.73 Å². The zero-order valence-electron chi connectivity index (χ0n) is 14.2. The molecule has 2 rings (SSSR count). The minimum atomic E-state index is 0.0735. The topological polar surface area (TPSA) is 55.1 Å². The molecule has 0 aliphatic heterocycles. The number of aryl methyl sites for hydroxylation is 2. The first-order chi connectivity index (χ1) is 11.0. The van der Waals surface area contributed by atoms with Gasteiger partial charge in [-0.1, -0.05) is 24.6 Å². The van der Waals surface area contributed by atoms with Crippen LogP contribution in [-0.2, 0) is 10.5 Å². The molecule has 0 fully saturated rings. The van der Waals surface area contributed by atoms with E-state index >= 15 is 0 Å². The molecule has 0 saturated heterocycles. The minimum absolute atomic E-state index is 0.0735. The summed E-state index contributed by atoms with van der Waals surface area (Å²) < 4.78 is 5.77. The lowest BCUT2D eigenvalue weighted by Crippen LogP contribution is -2.33.